The summed E-state index contributed by atoms with van der Waals surface area (Å²) in [6, 6.07) is 15.1. The fraction of sp³-hybridized carbons (Fsp3) is 0.200. The maximum absolute atomic E-state index is 12.2. The van der Waals surface area contributed by atoms with E-state index in [-0.39, 0.29) is 12.5 Å². The highest BCUT2D eigenvalue weighted by molar-refractivity contribution is 5.91. The quantitative estimate of drug-likeness (QED) is 0.789. The van der Waals surface area contributed by atoms with Crippen LogP contribution in [0, 0.1) is 6.92 Å². The van der Waals surface area contributed by atoms with E-state index in [9.17, 15) is 9.59 Å². The molecule has 0 aliphatic carbocycles. The highest BCUT2D eigenvalue weighted by Crippen LogP contribution is 2.14. The van der Waals surface area contributed by atoms with E-state index >= 15 is 0 Å². The molecule has 0 spiro atoms. The first-order valence-corrected chi connectivity index (χ1v) is 7.94. The van der Waals surface area contributed by atoms with Gasteiger partial charge in [0, 0.05) is 19.7 Å². The Morgan fingerprint density at radius 1 is 1.12 bits per heavy atom. The van der Waals surface area contributed by atoms with Crippen LogP contribution in [0.4, 0.5) is 0 Å². The molecule has 0 aliphatic rings. The number of nitrogens with zero attached hydrogens (tertiary/aromatic N) is 1. The number of primary amides is 1. The molecule has 0 aliphatic heterocycles. The zero-order chi connectivity index (χ0) is 18.2. The molecule has 5 nitrogen and oxygen atoms in total. The number of carbonyl (C=O) groups is 2. The van der Waals surface area contributed by atoms with E-state index in [1.54, 1.807) is 42.3 Å². The Morgan fingerprint density at radius 2 is 1.80 bits per heavy atom. The molecule has 0 atom stereocenters. The largest absolute Gasteiger partial charge is 0.484 e. The Bertz CT molecular complexity index is 767. The predicted octanol–water partition coefficient (Wildman–Crippen LogP) is 2.53. The van der Waals surface area contributed by atoms with E-state index in [0.717, 1.165) is 16.7 Å². The molecule has 0 bridgehead atoms. The third-order valence-electron chi connectivity index (χ3n) is 3.72. The first kappa shape index (κ1) is 18.3. The van der Waals surface area contributed by atoms with Gasteiger partial charge in [-0.1, -0.05) is 36.4 Å². The molecular weight excluding hydrogens is 316 g/mol. The second-order valence-electron chi connectivity index (χ2n) is 5.78. The topological polar surface area (TPSA) is 72.6 Å². The van der Waals surface area contributed by atoms with Crippen molar-refractivity contribution in [3.8, 4) is 5.75 Å². The fourth-order valence-electron chi connectivity index (χ4n) is 2.25. The van der Waals surface area contributed by atoms with E-state index in [1.165, 1.54) is 6.08 Å². The summed E-state index contributed by atoms with van der Waals surface area (Å²) in [5.41, 5.74) is 8.18. The molecule has 2 amide bonds. The van der Waals surface area contributed by atoms with E-state index in [4.69, 9.17) is 10.5 Å². The Morgan fingerprint density at radius 3 is 2.44 bits per heavy atom. The van der Waals surface area contributed by atoms with Crippen LogP contribution in [0.1, 0.15) is 16.7 Å². The van der Waals surface area contributed by atoms with Crippen molar-refractivity contribution in [2.45, 2.75) is 13.5 Å². The van der Waals surface area contributed by atoms with Crippen molar-refractivity contribution in [1.29, 1.82) is 0 Å². The summed E-state index contributed by atoms with van der Waals surface area (Å²) in [6.45, 7) is 2.44. The van der Waals surface area contributed by atoms with E-state index in [0.29, 0.717) is 12.3 Å². The highest BCUT2D eigenvalue weighted by Gasteiger charge is 2.07. The molecule has 0 fully saturated rings. The number of ether oxygens (including phenoxy) is 1. The maximum Gasteiger partial charge on any atom is 0.255 e. The van der Waals surface area contributed by atoms with Crippen molar-refractivity contribution in [3.05, 3.63) is 71.3 Å². The number of aryl methyl sites for hydroxylation is 1. The maximum atomic E-state index is 12.2. The monoisotopic (exact) mass is 338 g/mol. The number of carbonyl (C=O) groups excluding carboxylic acids is 2. The molecule has 130 valence electrons. The molecule has 2 rings (SSSR count). The highest BCUT2D eigenvalue weighted by atomic mass is 16.5. The van der Waals surface area contributed by atoms with Crippen LogP contribution in [0.5, 0.6) is 5.75 Å². The molecular formula is C20H22N2O3. The third-order valence-corrected chi connectivity index (χ3v) is 3.72. The lowest BCUT2D eigenvalue weighted by Crippen LogP contribution is -2.24. The van der Waals surface area contributed by atoms with Crippen LogP contribution < -0.4 is 10.5 Å². The van der Waals surface area contributed by atoms with Crippen molar-refractivity contribution in [1.82, 2.24) is 4.90 Å². The molecule has 0 saturated heterocycles. The van der Waals surface area contributed by atoms with Gasteiger partial charge in [0.15, 0.2) is 6.61 Å². The van der Waals surface area contributed by atoms with Crippen molar-refractivity contribution in [2.75, 3.05) is 13.7 Å². The summed E-state index contributed by atoms with van der Waals surface area (Å²) >= 11 is 0. The standard InChI is InChI=1S/C20H22N2O3/c1-15-5-3-4-6-17(15)13-22(2)20(24)12-9-16-7-10-18(11-8-16)25-14-19(21)23/h3-12H,13-14H2,1-2H3,(H2,21,23)/b12-9-. The Labute approximate surface area is 147 Å². The number of benzene rings is 2. The lowest BCUT2D eigenvalue weighted by Gasteiger charge is -2.16. The minimum atomic E-state index is -0.522. The summed E-state index contributed by atoms with van der Waals surface area (Å²) < 4.78 is 5.19. The summed E-state index contributed by atoms with van der Waals surface area (Å²) in [7, 11) is 1.78. The molecule has 0 unspecified atom stereocenters. The van der Waals surface area contributed by atoms with Gasteiger partial charge in [-0.05, 0) is 41.8 Å². The Kier molecular flexibility index (Phi) is 6.34. The average molecular weight is 338 g/mol. The second kappa shape index (κ2) is 8.68. The lowest BCUT2D eigenvalue weighted by molar-refractivity contribution is -0.125. The molecule has 0 heterocycles. The van der Waals surface area contributed by atoms with Crippen molar-refractivity contribution in [2.24, 2.45) is 5.73 Å². The smallest absolute Gasteiger partial charge is 0.255 e. The number of rotatable bonds is 7. The summed E-state index contributed by atoms with van der Waals surface area (Å²) in [5, 5.41) is 0. The molecule has 0 radical (unpaired) electrons. The number of hydrogen-bond donors (Lipinski definition) is 1. The summed E-state index contributed by atoms with van der Waals surface area (Å²) in [6.07, 6.45) is 3.28. The third kappa shape index (κ3) is 5.80. The number of nitrogens with two attached hydrogens (primary N) is 1. The summed E-state index contributed by atoms with van der Waals surface area (Å²) in [4.78, 5) is 24.6. The van der Waals surface area contributed by atoms with Crippen LogP contribution in [0.15, 0.2) is 54.6 Å². The van der Waals surface area contributed by atoms with Gasteiger partial charge in [-0.2, -0.15) is 0 Å². The normalized spacial score (nSPS) is 10.6. The minimum Gasteiger partial charge on any atom is -0.484 e. The molecule has 2 aromatic rings. The van der Waals surface area contributed by atoms with Crippen molar-refractivity contribution in [3.63, 3.8) is 0 Å². The predicted molar refractivity (Wildman–Crippen MR) is 97.8 cm³/mol. The first-order valence-electron chi connectivity index (χ1n) is 7.94. The molecule has 0 saturated carbocycles. The molecule has 2 N–H and O–H groups in total. The van der Waals surface area contributed by atoms with Crippen LogP contribution >= 0.6 is 0 Å². The molecule has 5 heteroatoms. The van der Waals surface area contributed by atoms with Crippen LogP contribution in [-0.4, -0.2) is 30.4 Å². The van der Waals surface area contributed by atoms with Crippen LogP contribution in [0.3, 0.4) is 0 Å². The average Bonchev–Trinajstić information content (AvgIpc) is 2.60. The van der Waals surface area contributed by atoms with Crippen molar-refractivity contribution < 1.29 is 14.3 Å². The van der Waals surface area contributed by atoms with E-state index < -0.39 is 5.91 Å². The Hall–Kier alpha value is -3.08. The molecule has 25 heavy (non-hydrogen) atoms. The summed E-state index contributed by atoms with van der Waals surface area (Å²) in [5.74, 6) is -0.0393. The zero-order valence-corrected chi connectivity index (χ0v) is 14.4. The SMILES string of the molecule is Cc1ccccc1CN(C)C(=O)/C=C\c1ccc(OCC(N)=O)cc1. The van der Waals surface area contributed by atoms with Gasteiger partial charge in [-0.3, -0.25) is 9.59 Å². The van der Waals surface area contributed by atoms with Crippen LogP contribution in [-0.2, 0) is 16.1 Å². The van der Waals surface area contributed by atoms with Gasteiger partial charge < -0.3 is 15.4 Å². The van der Waals surface area contributed by atoms with Gasteiger partial charge in [0.25, 0.3) is 5.91 Å². The number of hydrogen-bond acceptors (Lipinski definition) is 3. The van der Waals surface area contributed by atoms with Crippen LogP contribution in [0.2, 0.25) is 0 Å². The number of likely N-dealkylation sites (N-methyl/N-ethyl adjacent to an activating group) is 1. The second-order valence-corrected chi connectivity index (χ2v) is 5.78. The zero-order valence-electron chi connectivity index (χ0n) is 14.4. The van der Waals surface area contributed by atoms with Gasteiger partial charge in [-0.25, -0.2) is 0 Å². The Balaban J connectivity index is 1.92. The van der Waals surface area contributed by atoms with E-state index in [1.807, 2.05) is 31.2 Å². The van der Waals surface area contributed by atoms with Crippen LogP contribution in [0.25, 0.3) is 6.08 Å². The van der Waals surface area contributed by atoms with E-state index in [2.05, 4.69) is 0 Å². The molecule has 0 aromatic heterocycles. The fourth-order valence-corrected chi connectivity index (χ4v) is 2.25. The van der Waals surface area contributed by atoms with Crippen molar-refractivity contribution >= 4 is 17.9 Å². The van der Waals surface area contributed by atoms with Gasteiger partial charge in [0.05, 0.1) is 0 Å². The number of amides is 2. The molecule has 2 aromatic carbocycles. The lowest BCUT2D eigenvalue weighted by atomic mass is 10.1. The first-order chi connectivity index (χ1) is 12.0. The van der Waals surface area contributed by atoms with Gasteiger partial charge in [-0.15, -0.1) is 0 Å². The minimum absolute atomic E-state index is 0.0719. The van der Waals surface area contributed by atoms with Gasteiger partial charge >= 0.3 is 0 Å². The van der Waals surface area contributed by atoms with Gasteiger partial charge in [0.2, 0.25) is 5.91 Å². The van der Waals surface area contributed by atoms with Gasteiger partial charge in [0.1, 0.15) is 5.75 Å².